The van der Waals surface area contributed by atoms with Crippen LogP contribution in [-0.4, -0.2) is 0 Å². The van der Waals surface area contributed by atoms with Crippen molar-refractivity contribution >= 4 is 10.8 Å². The maximum Gasteiger partial charge on any atom is 0.0573 e. The molecule has 0 atom stereocenters. The van der Waals surface area contributed by atoms with Crippen LogP contribution in [0.1, 0.15) is 11.1 Å². The molecule has 0 saturated heterocycles. The highest BCUT2D eigenvalue weighted by Crippen LogP contribution is 2.23. The van der Waals surface area contributed by atoms with Gasteiger partial charge in [0.15, 0.2) is 0 Å². The number of rotatable bonds is 0. The lowest BCUT2D eigenvalue weighted by Crippen LogP contribution is -1.88. The second-order valence-electron chi connectivity index (χ2n) is 5.84. The normalized spacial score (nSPS) is 15.5. The predicted molar refractivity (Wildman–Crippen MR) is 101 cm³/mol. The summed E-state index contributed by atoms with van der Waals surface area (Å²) in [6, 6.07) is 12.5. The summed E-state index contributed by atoms with van der Waals surface area (Å²) >= 11 is 0. The fourth-order valence-electron chi connectivity index (χ4n) is 2.93. The molecule has 0 heterocycles. The van der Waals surface area contributed by atoms with Gasteiger partial charge in [0.05, 0.1) is 11.8 Å². The first kappa shape index (κ1) is 14.4. The molecule has 2 aromatic carbocycles. The van der Waals surface area contributed by atoms with Crippen molar-refractivity contribution in [1.29, 1.82) is 0 Å². The Bertz CT molecular complexity index is 916. The Labute approximate surface area is 142 Å². The average Bonchev–Trinajstić information content (AvgIpc) is 3.31. The maximum absolute atomic E-state index is 3.35. The first-order chi connectivity index (χ1) is 11.9. The van der Waals surface area contributed by atoms with Gasteiger partial charge in [-0.2, -0.15) is 0 Å². The third kappa shape index (κ3) is 2.96. The van der Waals surface area contributed by atoms with Gasteiger partial charge in [0.2, 0.25) is 0 Å². The monoisotopic (exact) mass is 304 g/mol. The molecule has 112 valence electrons. The highest BCUT2D eigenvalue weighted by molar-refractivity contribution is 5.93. The van der Waals surface area contributed by atoms with E-state index in [1.807, 2.05) is 24.3 Å². The Balaban J connectivity index is 1.79. The Kier molecular flexibility index (Phi) is 3.89. The second-order valence-corrected chi connectivity index (χ2v) is 5.84. The molecular weight excluding hydrogens is 288 g/mol. The first-order valence-electron chi connectivity index (χ1n) is 8.15. The summed E-state index contributed by atoms with van der Waals surface area (Å²) in [5.74, 6) is 13.8. The Morgan fingerprint density at radius 2 is 1.04 bits per heavy atom. The Morgan fingerprint density at radius 3 is 1.50 bits per heavy atom. The minimum atomic E-state index is 0.215. The minimum absolute atomic E-state index is 0.215. The van der Waals surface area contributed by atoms with Gasteiger partial charge in [-0.1, -0.05) is 96.6 Å². The summed E-state index contributed by atoms with van der Waals surface area (Å²) in [7, 11) is 0. The minimum Gasteiger partial charge on any atom is -0.0861 e. The van der Waals surface area contributed by atoms with Crippen LogP contribution in [0.2, 0.25) is 0 Å². The zero-order valence-corrected chi connectivity index (χ0v) is 13.2. The van der Waals surface area contributed by atoms with Crippen LogP contribution in [0.4, 0.5) is 0 Å². The van der Waals surface area contributed by atoms with E-state index in [9.17, 15) is 0 Å². The lowest BCUT2D eigenvalue weighted by atomic mass is 9.98. The van der Waals surface area contributed by atoms with Gasteiger partial charge in [-0.15, -0.1) is 0 Å². The molecule has 0 bridgehead atoms. The molecule has 0 saturated carbocycles. The van der Waals surface area contributed by atoms with Gasteiger partial charge in [0, 0.05) is 16.5 Å². The molecule has 0 heteroatoms. The first-order valence-corrected chi connectivity index (χ1v) is 8.15. The van der Waals surface area contributed by atoms with Gasteiger partial charge in [0.25, 0.3) is 0 Å². The number of benzene rings is 2. The topological polar surface area (TPSA) is 0 Å². The average molecular weight is 304 g/mol. The summed E-state index contributed by atoms with van der Waals surface area (Å²) in [5, 5.41) is 2.33. The fourth-order valence-corrected chi connectivity index (χ4v) is 2.93. The largest absolute Gasteiger partial charge is 0.0861 e. The van der Waals surface area contributed by atoms with E-state index in [-0.39, 0.29) is 11.8 Å². The van der Waals surface area contributed by atoms with E-state index in [2.05, 4.69) is 84.4 Å². The van der Waals surface area contributed by atoms with Crippen LogP contribution in [0, 0.1) is 35.5 Å². The molecule has 2 aromatic rings. The SMILES string of the molecule is C(#CC1C=CC=C1)c1cccc2cccc(C#CC3C=CC=C3)c12. The van der Waals surface area contributed by atoms with E-state index in [1.165, 1.54) is 5.39 Å². The van der Waals surface area contributed by atoms with Crippen molar-refractivity contribution in [3.8, 4) is 23.7 Å². The van der Waals surface area contributed by atoms with Gasteiger partial charge in [-0.3, -0.25) is 0 Å². The van der Waals surface area contributed by atoms with Crippen LogP contribution >= 0.6 is 0 Å². The van der Waals surface area contributed by atoms with Gasteiger partial charge in [-0.25, -0.2) is 0 Å². The van der Waals surface area contributed by atoms with E-state index in [4.69, 9.17) is 0 Å². The molecule has 0 aliphatic heterocycles. The highest BCUT2D eigenvalue weighted by Gasteiger charge is 2.05. The lowest BCUT2D eigenvalue weighted by molar-refractivity contribution is 1.15. The number of hydrogen-bond acceptors (Lipinski definition) is 0. The standard InChI is InChI=1S/C24H16/c1-2-8-19(7-1)15-17-22-13-5-11-21-12-6-14-23(24(21)22)18-16-20-9-3-4-10-20/h1-14,19-20H. The van der Waals surface area contributed by atoms with Crippen molar-refractivity contribution in [1.82, 2.24) is 0 Å². The van der Waals surface area contributed by atoms with Crippen molar-refractivity contribution in [2.75, 3.05) is 0 Å². The Morgan fingerprint density at radius 1 is 0.583 bits per heavy atom. The van der Waals surface area contributed by atoms with Gasteiger partial charge in [-0.05, 0) is 17.5 Å². The van der Waals surface area contributed by atoms with E-state index in [1.54, 1.807) is 0 Å². The van der Waals surface area contributed by atoms with Crippen molar-refractivity contribution in [3.05, 3.63) is 96.1 Å². The van der Waals surface area contributed by atoms with Crippen LogP contribution in [0.25, 0.3) is 10.8 Å². The predicted octanol–water partition coefficient (Wildman–Crippen LogP) is 5.03. The molecule has 2 aliphatic carbocycles. The summed E-state index contributed by atoms with van der Waals surface area (Å²) in [6.07, 6.45) is 16.6. The third-order valence-corrected chi connectivity index (χ3v) is 4.15. The van der Waals surface area contributed by atoms with Gasteiger partial charge >= 0.3 is 0 Å². The smallest absolute Gasteiger partial charge is 0.0573 e. The summed E-state index contributed by atoms with van der Waals surface area (Å²) in [6.45, 7) is 0. The van der Waals surface area contributed by atoms with Crippen LogP contribution in [-0.2, 0) is 0 Å². The zero-order chi connectivity index (χ0) is 16.2. The second kappa shape index (κ2) is 6.49. The van der Waals surface area contributed by atoms with E-state index < -0.39 is 0 Å². The van der Waals surface area contributed by atoms with Crippen molar-refractivity contribution < 1.29 is 0 Å². The molecule has 0 unspecified atom stereocenters. The fraction of sp³-hybridized carbons (Fsp3) is 0.0833. The van der Waals surface area contributed by atoms with Crippen LogP contribution in [0.3, 0.4) is 0 Å². The highest BCUT2D eigenvalue weighted by atomic mass is 14.1. The molecular formula is C24H16. The number of fused-ring (bicyclic) bond motifs is 1. The molecule has 0 amide bonds. The van der Waals surface area contributed by atoms with Crippen molar-refractivity contribution in [2.45, 2.75) is 0 Å². The molecule has 0 aromatic heterocycles. The van der Waals surface area contributed by atoms with Gasteiger partial charge < -0.3 is 0 Å². The summed E-state index contributed by atoms with van der Waals surface area (Å²) < 4.78 is 0. The van der Waals surface area contributed by atoms with Crippen LogP contribution in [0.5, 0.6) is 0 Å². The Hall–Kier alpha value is -3.22. The van der Waals surface area contributed by atoms with Crippen molar-refractivity contribution in [3.63, 3.8) is 0 Å². The molecule has 0 fully saturated rings. The maximum atomic E-state index is 3.35. The molecule has 0 nitrogen and oxygen atoms in total. The molecule has 4 rings (SSSR count). The molecule has 0 N–H and O–H groups in total. The third-order valence-electron chi connectivity index (χ3n) is 4.15. The number of allylic oxidation sites excluding steroid dienone is 8. The zero-order valence-electron chi connectivity index (χ0n) is 13.2. The summed E-state index contributed by atoms with van der Waals surface area (Å²) in [4.78, 5) is 0. The van der Waals surface area contributed by atoms with Crippen LogP contribution < -0.4 is 0 Å². The summed E-state index contributed by atoms with van der Waals surface area (Å²) in [5.41, 5.74) is 2.09. The molecule has 2 aliphatic rings. The number of hydrogen-bond donors (Lipinski definition) is 0. The van der Waals surface area contributed by atoms with E-state index in [0.29, 0.717) is 0 Å². The lowest BCUT2D eigenvalue weighted by Gasteiger charge is -2.04. The van der Waals surface area contributed by atoms with Crippen LogP contribution in [0.15, 0.2) is 85.0 Å². The van der Waals surface area contributed by atoms with Crippen molar-refractivity contribution in [2.24, 2.45) is 11.8 Å². The van der Waals surface area contributed by atoms with E-state index >= 15 is 0 Å². The van der Waals surface area contributed by atoms with E-state index in [0.717, 1.165) is 16.5 Å². The molecule has 0 spiro atoms. The quantitative estimate of drug-likeness (QED) is 0.599. The molecule has 0 radical (unpaired) electrons. The molecule has 24 heavy (non-hydrogen) atoms. The van der Waals surface area contributed by atoms with Gasteiger partial charge in [0.1, 0.15) is 0 Å².